The standard InChI is InChI=1S/C14H24N2O2S2/c1-11(2)12-9-15-14(20-10-13(17)18)16(12)7-5-4-6-8-19-3/h9,11H,4-8,10H2,1-3H3,(H,17,18). The van der Waals surface area contributed by atoms with E-state index in [2.05, 4.69) is 29.7 Å². The molecule has 1 aromatic rings. The third-order valence-corrected chi connectivity index (χ3v) is 4.67. The third-order valence-electron chi connectivity index (χ3n) is 3.00. The average molecular weight is 316 g/mol. The molecule has 0 unspecified atom stereocenters. The molecule has 0 aliphatic carbocycles. The average Bonchev–Trinajstić information content (AvgIpc) is 2.79. The van der Waals surface area contributed by atoms with Gasteiger partial charge in [0.1, 0.15) is 0 Å². The first-order valence-corrected chi connectivity index (χ1v) is 9.33. The molecule has 0 aliphatic heterocycles. The van der Waals surface area contributed by atoms with E-state index in [1.54, 1.807) is 0 Å². The van der Waals surface area contributed by atoms with Crippen molar-refractivity contribution in [2.45, 2.75) is 50.7 Å². The molecule has 0 aliphatic rings. The van der Waals surface area contributed by atoms with Crippen molar-refractivity contribution < 1.29 is 9.90 Å². The maximum absolute atomic E-state index is 10.7. The largest absolute Gasteiger partial charge is 0.481 e. The Kier molecular flexibility index (Phi) is 8.14. The van der Waals surface area contributed by atoms with Gasteiger partial charge >= 0.3 is 5.97 Å². The van der Waals surface area contributed by atoms with E-state index in [-0.39, 0.29) is 5.75 Å². The molecule has 0 spiro atoms. The van der Waals surface area contributed by atoms with Crippen LogP contribution in [-0.4, -0.2) is 38.4 Å². The van der Waals surface area contributed by atoms with Gasteiger partial charge in [-0.25, -0.2) is 4.98 Å². The molecular formula is C14H24N2O2S2. The van der Waals surface area contributed by atoms with Gasteiger partial charge in [-0.1, -0.05) is 32.0 Å². The molecule has 0 fully saturated rings. The van der Waals surface area contributed by atoms with E-state index in [1.165, 1.54) is 36.1 Å². The number of carboxylic acids is 1. The number of unbranched alkanes of at least 4 members (excludes halogenated alkanes) is 2. The summed E-state index contributed by atoms with van der Waals surface area (Å²) in [7, 11) is 0. The minimum Gasteiger partial charge on any atom is -0.481 e. The van der Waals surface area contributed by atoms with Gasteiger partial charge in [-0.15, -0.1) is 0 Å². The second-order valence-corrected chi connectivity index (χ2v) is 6.94. The van der Waals surface area contributed by atoms with Crippen molar-refractivity contribution in [3.05, 3.63) is 11.9 Å². The Hall–Kier alpha value is -0.620. The topological polar surface area (TPSA) is 55.1 Å². The summed E-state index contributed by atoms with van der Waals surface area (Å²) in [4.78, 5) is 15.1. The number of rotatable bonds is 10. The van der Waals surface area contributed by atoms with Crippen LogP contribution >= 0.6 is 23.5 Å². The van der Waals surface area contributed by atoms with E-state index >= 15 is 0 Å². The van der Waals surface area contributed by atoms with Crippen LogP contribution in [-0.2, 0) is 11.3 Å². The number of thioether (sulfide) groups is 2. The van der Waals surface area contributed by atoms with Gasteiger partial charge in [0.25, 0.3) is 0 Å². The Morgan fingerprint density at radius 3 is 2.75 bits per heavy atom. The van der Waals surface area contributed by atoms with E-state index < -0.39 is 5.97 Å². The predicted molar refractivity (Wildman–Crippen MR) is 86.9 cm³/mol. The Bertz CT molecular complexity index is 419. The number of aliphatic carboxylic acids is 1. The number of hydrogen-bond donors (Lipinski definition) is 1. The number of carboxylic acid groups (broad SMARTS) is 1. The summed E-state index contributed by atoms with van der Waals surface area (Å²) in [5.41, 5.74) is 1.20. The lowest BCUT2D eigenvalue weighted by molar-refractivity contribution is -0.133. The first kappa shape index (κ1) is 17.4. The molecule has 20 heavy (non-hydrogen) atoms. The van der Waals surface area contributed by atoms with Crippen LogP contribution < -0.4 is 0 Å². The highest BCUT2D eigenvalue weighted by Crippen LogP contribution is 2.24. The predicted octanol–water partition coefficient (Wildman–Crippen LogP) is 3.72. The van der Waals surface area contributed by atoms with E-state index in [9.17, 15) is 4.79 Å². The zero-order valence-corrected chi connectivity index (χ0v) is 14.1. The molecule has 0 saturated carbocycles. The van der Waals surface area contributed by atoms with Gasteiger partial charge in [0.05, 0.1) is 5.75 Å². The smallest absolute Gasteiger partial charge is 0.313 e. The monoisotopic (exact) mass is 316 g/mol. The summed E-state index contributed by atoms with van der Waals surface area (Å²) in [6, 6.07) is 0. The van der Waals surface area contributed by atoms with Crippen LogP contribution in [0.4, 0.5) is 0 Å². The van der Waals surface area contributed by atoms with Gasteiger partial charge in [-0.05, 0) is 30.8 Å². The number of aromatic nitrogens is 2. The fraction of sp³-hybridized carbons (Fsp3) is 0.714. The Morgan fingerprint density at radius 2 is 2.15 bits per heavy atom. The van der Waals surface area contributed by atoms with E-state index in [4.69, 9.17) is 5.11 Å². The highest BCUT2D eigenvalue weighted by Gasteiger charge is 2.14. The highest BCUT2D eigenvalue weighted by atomic mass is 32.2. The summed E-state index contributed by atoms with van der Waals surface area (Å²) in [6.45, 7) is 5.23. The molecule has 1 heterocycles. The minimum atomic E-state index is -0.796. The van der Waals surface area contributed by atoms with Gasteiger partial charge in [0, 0.05) is 18.4 Å². The maximum Gasteiger partial charge on any atom is 0.313 e. The molecule has 6 heteroatoms. The van der Waals surface area contributed by atoms with Crippen molar-refractivity contribution in [3.8, 4) is 0 Å². The summed E-state index contributed by atoms with van der Waals surface area (Å²) in [6.07, 6.45) is 7.59. The Labute approximate surface area is 129 Å². The third kappa shape index (κ3) is 5.79. The van der Waals surface area contributed by atoms with Crippen molar-refractivity contribution in [1.29, 1.82) is 0 Å². The van der Waals surface area contributed by atoms with Crippen molar-refractivity contribution in [2.24, 2.45) is 0 Å². The number of nitrogens with zero attached hydrogens (tertiary/aromatic N) is 2. The molecule has 0 atom stereocenters. The molecule has 1 aromatic heterocycles. The van der Waals surface area contributed by atoms with Crippen LogP contribution in [0.3, 0.4) is 0 Å². The number of imidazole rings is 1. The first-order chi connectivity index (χ1) is 9.56. The Balaban J connectivity index is 2.63. The van der Waals surface area contributed by atoms with E-state index in [0.717, 1.165) is 18.1 Å². The normalized spacial score (nSPS) is 11.2. The van der Waals surface area contributed by atoms with Gasteiger partial charge in [0.2, 0.25) is 0 Å². The van der Waals surface area contributed by atoms with E-state index in [1.807, 2.05) is 18.0 Å². The van der Waals surface area contributed by atoms with Crippen molar-refractivity contribution in [2.75, 3.05) is 17.8 Å². The van der Waals surface area contributed by atoms with Gasteiger partial charge < -0.3 is 9.67 Å². The summed E-state index contributed by atoms with van der Waals surface area (Å²) >= 11 is 3.19. The summed E-state index contributed by atoms with van der Waals surface area (Å²) in [5, 5.41) is 9.63. The fourth-order valence-electron chi connectivity index (χ4n) is 1.99. The molecular weight excluding hydrogens is 292 g/mol. The summed E-state index contributed by atoms with van der Waals surface area (Å²) < 4.78 is 2.19. The van der Waals surface area contributed by atoms with Crippen LogP contribution in [0.25, 0.3) is 0 Å². The molecule has 0 aromatic carbocycles. The Morgan fingerprint density at radius 1 is 1.40 bits per heavy atom. The van der Waals surface area contributed by atoms with E-state index in [0.29, 0.717) is 5.92 Å². The second-order valence-electron chi connectivity index (χ2n) is 5.01. The van der Waals surface area contributed by atoms with Crippen LogP contribution in [0.5, 0.6) is 0 Å². The van der Waals surface area contributed by atoms with Crippen molar-refractivity contribution in [1.82, 2.24) is 9.55 Å². The van der Waals surface area contributed by atoms with Crippen LogP contribution in [0, 0.1) is 0 Å². The molecule has 0 radical (unpaired) electrons. The maximum atomic E-state index is 10.7. The summed E-state index contributed by atoms with van der Waals surface area (Å²) in [5.74, 6) is 0.895. The lowest BCUT2D eigenvalue weighted by Gasteiger charge is -2.13. The molecule has 1 rings (SSSR count). The molecule has 114 valence electrons. The lowest BCUT2D eigenvalue weighted by atomic mass is 10.1. The van der Waals surface area contributed by atoms with Crippen molar-refractivity contribution in [3.63, 3.8) is 0 Å². The SMILES string of the molecule is CSCCCCCn1c(C(C)C)cnc1SCC(=O)O. The fourth-order valence-corrected chi connectivity index (χ4v) is 3.22. The number of carbonyl (C=O) groups is 1. The lowest BCUT2D eigenvalue weighted by Crippen LogP contribution is -2.08. The van der Waals surface area contributed by atoms with Crippen molar-refractivity contribution >= 4 is 29.5 Å². The zero-order chi connectivity index (χ0) is 15.0. The van der Waals surface area contributed by atoms with Crippen LogP contribution in [0.15, 0.2) is 11.4 Å². The molecule has 0 saturated heterocycles. The van der Waals surface area contributed by atoms with Gasteiger partial charge in [-0.3, -0.25) is 4.79 Å². The molecule has 0 amide bonds. The van der Waals surface area contributed by atoms with Gasteiger partial charge in [0.15, 0.2) is 5.16 Å². The molecule has 1 N–H and O–H groups in total. The minimum absolute atomic E-state index is 0.0705. The van der Waals surface area contributed by atoms with Crippen LogP contribution in [0.2, 0.25) is 0 Å². The number of hydrogen-bond acceptors (Lipinski definition) is 4. The zero-order valence-electron chi connectivity index (χ0n) is 12.5. The quantitative estimate of drug-likeness (QED) is 0.527. The van der Waals surface area contributed by atoms with Crippen LogP contribution in [0.1, 0.15) is 44.7 Å². The van der Waals surface area contributed by atoms with Gasteiger partial charge in [-0.2, -0.15) is 11.8 Å². The molecule has 4 nitrogen and oxygen atoms in total. The first-order valence-electron chi connectivity index (χ1n) is 6.95. The second kappa shape index (κ2) is 9.34. The molecule has 0 bridgehead atoms. The highest BCUT2D eigenvalue weighted by molar-refractivity contribution is 7.99.